The Hall–Kier alpha value is -2.45. The number of urea groups is 1. The predicted octanol–water partition coefficient (Wildman–Crippen LogP) is -0.697. The summed E-state index contributed by atoms with van der Waals surface area (Å²) in [6, 6.07) is -0.686. The van der Waals surface area contributed by atoms with Gasteiger partial charge in [0.05, 0.1) is 6.42 Å². The third-order valence-corrected chi connectivity index (χ3v) is 1.86. The third-order valence-electron chi connectivity index (χ3n) is 1.86. The predicted molar refractivity (Wildman–Crippen MR) is 56.4 cm³/mol. The van der Waals surface area contributed by atoms with Gasteiger partial charge in [0.15, 0.2) is 5.82 Å². The van der Waals surface area contributed by atoms with Crippen LogP contribution in [0, 0.1) is 0 Å². The molecule has 1 aromatic rings. The Labute approximate surface area is 102 Å². The van der Waals surface area contributed by atoms with Crippen molar-refractivity contribution in [2.45, 2.75) is 19.3 Å². The van der Waals surface area contributed by atoms with E-state index < -0.39 is 17.9 Å². The highest BCUT2D eigenvalue weighted by atomic mass is 16.5. The molecule has 0 bridgehead atoms. The maximum absolute atomic E-state index is 11.2. The van der Waals surface area contributed by atoms with Gasteiger partial charge in [0, 0.05) is 19.4 Å². The van der Waals surface area contributed by atoms with Crippen molar-refractivity contribution in [2.24, 2.45) is 0 Å². The molecule has 0 atom stereocenters. The fourth-order valence-corrected chi connectivity index (χ4v) is 1.04. The fraction of sp³-hybridized carbons (Fsp3) is 0.444. The standard InChI is InChI=1S/C9H12N4O5/c14-7(1-2-8(15)16)12-9(17)10-4-3-6-11-5-18-13-6/h5H,1-4H2,(H,15,16)(H2,10,12,14,17). The van der Waals surface area contributed by atoms with Gasteiger partial charge in [-0.3, -0.25) is 14.9 Å². The molecule has 0 aliphatic heterocycles. The Bertz CT molecular complexity index is 417. The van der Waals surface area contributed by atoms with Crippen molar-refractivity contribution in [1.82, 2.24) is 20.8 Å². The normalized spacial score (nSPS) is 9.78. The summed E-state index contributed by atoms with van der Waals surface area (Å²) in [6.07, 6.45) is 0.980. The Morgan fingerprint density at radius 2 is 2.11 bits per heavy atom. The van der Waals surface area contributed by atoms with Crippen molar-refractivity contribution in [1.29, 1.82) is 0 Å². The molecule has 3 N–H and O–H groups in total. The monoisotopic (exact) mass is 256 g/mol. The molecule has 0 aliphatic carbocycles. The lowest BCUT2D eigenvalue weighted by molar-refractivity contribution is -0.138. The zero-order chi connectivity index (χ0) is 13.4. The van der Waals surface area contributed by atoms with Crippen molar-refractivity contribution >= 4 is 17.9 Å². The van der Waals surface area contributed by atoms with Crippen LogP contribution in [-0.4, -0.2) is 39.7 Å². The molecule has 3 amide bonds. The zero-order valence-electron chi connectivity index (χ0n) is 9.38. The van der Waals surface area contributed by atoms with E-state index in [0.717, 1.165) is 0 Å². The van der Waals surface area contributed by atoms with Gasteiger partial charge in [0.2, 0.25) is 12.3 Å². The lowest BCUT2D eigenvalue weighted by Gasteiger charge is -2.04. The Kier molecular flexibility index (Phi) is 5.29. The van der Waals surface area contributed by atoms with E-state index in [1.165, 1.54) is 6.39 Å². The molecule has 0 fully saturated rings. The van der Waals surface area contributed by atoms with Gasteiger partial charge in [0.25, 0.3) is 0 Å². The minimum absolute atomic E-state index is 0.234. The van der Waals surface area contributed by atoms with Crippen LogP contribution in [0.4, 0.5) is 4.79 Å². The average molecular weight is 256 g/mol. The van der Waals surface area contributed by atoms with Gasteiger partial charge in [-0.05, 0) is 0 Å². The number of aliphatic carboxylic acids is 1. The first kappa shape index (κ1) is 13.6. The number of carbonyl (C=O) groups excluding carboxylic acids is 2. The van der Waals surface area contributed by atoms with Crippen LogP contribution in [0.5, 0.6) is 0 Å². The zero-order valence-corrected chi connectivity index (χ0v) is 9.38. The van der Waals surface area contributed by atoms with E-state index >= 15 is 0 Å². The van der Waals surface area contributed by atoms with E-state index in [1.807, 2.05) is 5.32 Å². The second-order valence-corrected chi connectivity index (χ2v) is 3.30. The van der Waals surface area contributed by atoms with Gasteiger partial charge < -0.3 is 14.9 Å². The highest BCUT2D eigenvalue weighted by Gasteiger charge is 2.09. The molecule has 0 aromatic carbocycles. The van der Waals surface area contributed by atoms with Gasteiger partial charge in [-0.15, -0.1) is 0 Å². The summed E-state index contributed by atoms with van der Waals surface area (Å²) in [6.45, 7) is 0.234. The summed E-state index contributed by atoms with van der Waals surface area (Å²) in [5, 5.41) is 16.3. The molecule has 0 aliphatic rings. The van der Waals surface area contributed by atoms with E-state index in [0.29, 0.717) is 12.2 Å². The number of carbonyl (C=O) groups is 3. The Morgan fingerprint density at radius 3 is 2.72 bits per heavy atom. The lowest BCUT2D eigenvalue weighted by atomic mass is 10.3. The van der Waals surface area contributed by atoms with Crippen LogP contribution in [-0.2, 0) is 16.0 Å². The molecule has 9 nitrogen and oxygen atoms in total. The van der Waals surface area contributed by atoms with Crippen LogP contribution < -0.4 is 10.6 Å². The van der Waals surface area contributed by atoms with Gasteiger partial charge in [-0.1, -0.05) is 5.16 Å². The largest absolute Gasteiger partial charge is 0.481 e. The van der Waals surface area contributed by atoms with Crippen molar-refractivity contribution in [3.8, 4) is 0 Å². The van der Waals surface area contributed by atoms with E-state index in [4.69, 9.17) is 5.11 Å². The minimum atomic E-state index is -1.09. The average Bonchev–Trinajstić information content (AvgIpc) is 2.79. The van der Waals surface area contributed by atoms with E-state index in [1.54, 1.807) is 0 Å². The SMILES string of the molecule is O=C(O)CCC(=O)NC(=O)NCCc1ncon1. The summed E-state index contributed by atoms with van der Waals surface area (Å²) in [4.78, 5) is 36.2. The first-order valence-electron chi connectivity index (χ1n) is 5.12. The summed E-state index contributed by atoms with van der Waals surface area (Å²) in [7, 11) is 0. The molecule has 18 heavy (non-hydrogen) atoms. The second-order valence-electron chi connectivity index (χ2n) is 3.30. The molecule has 1 heterocycles. The molecular weight excluding hydrogens is 244 g/mol. The number of hydrogen-bond acceptors (Lipinski definition) is 6. The maximum Gasteiger partial charge on any atom is 0.321 e. The molecule has 0 saturated heterocycles. The quantitative estimate of drug-likeness (QED) is 0.612. The molecule has 1 aromatic heterocycles. The van der Waals surface area contributed by atoms with Crippen LogP contribution in [0.15, 0.2) is 10.9 Å². The van der Waals surface area contributed by atoms with Crippen molar-refractivity contribution < 1.29 is 24.0 Å². The van der Waals surface area contributed by atoms with Crippen molar-refractivity contribution in [3.05, 3.63) is 12.2 Å². The molecule has 0 saturated carbocycles. The number of hydrogen-bond donors (Lipinski definition) is 3. The van der Waals surface area contributed by atoms with Crippen LogP contribution >= 0.6 is 0 Å². The number of carboxylic acid groups (broad SMARTS) is 1. The van der Waals surface area contributed by atoms with Crippen LogP contribution in [0.2, 0.25) is 0 Å². The van der Waals surface area contributed by atoms with Gasteiger partial charge in [-0.2, -0.15) is 4.98 Å². The van der Waals surface area contributed by atoms with Crippen LogP contribution in [0.3, 0.4) is 0 Å². The topological polar surface area (TPSA) is 134 Å². The first-order valence-corrected chi connectivity index (χ1v) is 5.12. The van der Waals surface area contributed by atoms with E-state index in [2.05, 4.69) is 20.0 Å². The van der Waals surface area contributed by atoms with Crippen molar-refractivity contribution in [2.75, 3.05) is 6.54 Å². The maximum atomic E-state index is 11.2. The summed E-state index contributed by atoms with van der Waals surface area (Å²) >= 11 is 0. The number of nitrogens with one attached hydrogen (secondary N) is 2. The smallest absolute Gasteiger partial charge is 0.321 e. The minimum Gasteiger partial charge on any atom is -0.481 e. The van der Waals surface area contributed by atoms with Gasteiger partial charge in [0.1, 0.15) is 0 Å². The van der Waals surface area contributed by atoms with E-state index in [9.17, 15) is 14.4 Å². The third kappa shape index (κ3) is 5.58. The van der Waals surface area contributed by atoms with Crippen LogP contribution in [0.25, 0.3) is 0 Å². The molecule has 9 heteroatoms. The number of imide groups is 1. The number of rotatable bonds is 6. The fourth-order valence-electron chi connectivity index (χ4n) is 1.04. The number of nitrogens with zero attached hydrogens (tertiary/aromatic N) is 2. The summed E-state index contributed by atoms with van der Waals surface area (Å²) in [5.41, 5.74) is 0. The number of carboxylic acids is 1. The number of aromatic nitrogens is 2. The molecule has 0 spiro atoms. The molecule has 0 unspecified atom stereocenters. The Balaban J connectivity index is 2.13. The Morgan fingerprint density at radius 1 is 1.33 bits per heavy atom. The summed E-state index contributed by atoms with van der Waals surface area (Å²) in [5.74, 6) is -1.30. The molecule has 0 radical (unpaired) electrons. The second kappa shape index (κ2) is 6.99. The lowest BCUT2D eigenvalue weighted by Crippen LogP contribution is -2.40. The van der Waals surface area contributed by atoms with Gasteiger partial charge in [-0.25, -0.2) is 4.79 Å². The number of amides is 3. The highest BCUT2D eigenvalue weighted by Crippen LogP contribution is 1.89. The van der Waals surface area contributed by atoms with Gasteiger partial charge >= 0.3 is 12.0 Å². The molecule has 98 valence electrons. The van der Waals surface area contributed by atoms with Crippen LogP contribution in [0.1, 0.15) is 18.7 Å². The van der Waals surface area contributed by atoms with E-state index in [-0.39, 0.29) is 19.4 Å². The highest BCUT2D eigenvalue weighted by molar-refractivity contribution is 5.95. The summed E-state index contributed by atoms with van der Waals surface area (Å²) < 4.78 is 4.49. The first-order chi connectivity index (χ1) is 8.58. The molecular formula is C9H12N4O5. The van der Waals surface area contributed by atoms with Crippen molar-refractivity contribution in [3.63, 3.8) is 0 Å². The molecule has 1 rings (SSSR count).